The minimum Gasteiger partial charge on any atom is -0.399 e. The second-order valence-corrected chi connectivity index (χ2v) is 6.36. The second-order valence-electron chi connectivity index (χ2n) is 6.36. The molecule has 2 aliphatic heterocycles. The Kier molecular flexibility index (Phi) is 1.74. The third-order valence-corrected chi connectivity index (χ3v) is 4.26. The van der Waals surface area contributed by atoms with E-state index < -0.39 is 56.8 Å². The van der Waals surface area contributed by atoms with Gasteiger partial charge in [0.2, 0.25) is 0 Å². The van der Waals surface area contributed by atoms with Crippen molar-refractivity contribution in [3.05, 3.63) is 24.3 Å². The second kappa shape index (κ2) is 5.57. The van der Waals surface area contributed by atoms with Crippen molar-refractivity contribution in [3.63, 3.8) is 0 Å². The van der Waals surface area contributed by atoms with Crippen molar-refractivity contribution in [3.8, 4) is 0 Å². The summed E-state index contributed by atoms with van der Waals surface area (Å²) in [4.78, 5) is 0.243. The molecule has 0 radical (unpaired) electrons. The van der Waals surface area contributed by atoms with Crippen LogP contribution in [0.3, 0.4) is 0 Å². The Balaban J connectivity index is 2.10. The van der Waals surface area contributed by atoms with Gasteiger partial charge in [0.1, 0.15) is 0 Å². The van der Waals surface area contributed by atoms with E-state index in [1.54, 1.807) is 0 Å². The highest BCUT2D eigenvalue weighted by Gasteiger charge is 2.51. The molecule has 2 saturated heterocycles. The molecule has 0 unspecified atom stereocenters. The molecule has 0 aliphatic carbocycles. The zero-order valence-corrected chi connectivity index (χ0v) is 13.2. The normalized spacial score (nSPS) is 44.0. The van der Waals surface area contributed by atoms with Crippen molar-refractivity contribution in [1.29, 1.82) is 0 Å². The van der Waals surface area contributed by atoms with Crippen molar-refractivity contribution in [2.75, 3.05) is 17.9 Å². The molecule has 1 aromatic carbocycles. The monoisotopic (exact) mass is 313 g/mol. The topological polar surface area (TPSA) is 21.7 Å². The Bertz CT molecular complexity index is 917. The van der Waals surface area contributed by atoms with E-state index in [1.165, 1.54) is 24.3 Å². The predicted molar refractivity (Wildman–Crippen MR) is 92.8 cm³/mol. The highest BCUT2D eigenvalue weighted by atomic mass is 16.7. The van der Waals surface area contributed by atoms with Crippen LogP contribution in [-0.2, 0) is 9.31 Å². The van der Waals surface area contributed by atoms with Gasteiger partial charge in [-0.1, -0.05) is 19.0 Å². The van der Waals surface area contributed by atoms with Gasteiger partial charge in [0.15, 0.2) is 0 Å². The van der Waals surface area contributed by atoms with Crippen LogP contribution >= 0.6 is 0 Å². The van der Waals surface area contributed by atoms with E-state index in [-0.39, 0.29) is 10.6 Å². The molecule has 3 rings (SSSR count). The molecule has 0 atom stereocenters. The molecule has 4 heteroatoms. The summed E-state index contributed by atoms with van der Waals surface area (Å²) in [7, 11) is -0.775. The summed E-state index contributed by atoms with van der Waals surface area (Å²) >= 11 is 0. The number of piperidine rings is 1. The summed E-state index contributed by atoms with van der Waals surface area (Å²) < 4.78 is 110. The molecule has 0 bridgehead atoms. The molecule has 120 valence electrons. The van der Waals surface area contributed by atoms with E-state index >= 15 is 0 Å². The molecule has 2 aliphatic rings. The molecule has 2 heterocycles. The van der Waals surface area contributed by atoms with E-state index in [0.29, 0.717) is 5.46 Å². The lowest BCUT2D eigenvalue weighted by Crippen LogP contribution is -2.41. The fourth-order valence-electron chi connectivity index (χ4n) is 2.17. The fraction of sp³-hybridized carbons (Fsp3) is 0.667. The smallest absolute Gasteiger partial charge is 0.399 e. The first-order valence-corrected chi connectivity index (χ1v) is 7.16. The summed E-state index contributed by atoms with van der Waals surface area (Å²) in [6.07, 6.45) is -7.30. The van der Waals surface area contributed by atoms with Crippen molar-refractivity contribution in [1.82, 2.24) is 0 Å². The standard InChI is InChI=1S/C18H28BNO2/c1-14-10-12-20(13-11-14)16-8-6-15(7-9-16)19-21-17(2,3)18(4,5)22-19/h6-9,14H,10-13H2,1-5H3/i1D3,10D2,11D2,12D2,13D2,14D. The van der Waals surface area contributed by atoms with E-state index in [9.17, 15) is 0 Å². The number of rotatable bonds is 2. The van der Waals surface area contributed by atoms with Gasteiger partial charge in [-0.25, -0.2) is 0 Å². The first kappa shape index (κ1) is 6.86. The largest absolute Gasteiger partial charge is 0.494 e. The maximum atomic E-state index is 8.41. The summed E-state index contributed by atoms with van der Waals surface area (Å²) in [5.74, 6) is -3.75. The van der Waals surface area contributed by atoms with Gasteiger partial charge in [0, 0.05) is 35.1 Å². The minimum absolute atomic E-state index is 0.240. The van der Waals surface area contributed by atoms with E-state index in [0.717, 1.165) is 0 Å². The quantitative estimate of drug-likeness (QED) is 0.783. The molecule has 1 aromatic rings. The Morgan fingerprint density at radius 2 is 1.68 bits per heavy atom. The average molecular weight is 313 g/mol. The van der Waals surface area contributed by atoms with Crippen LogP contribution in [0.4, 0.5) is 5.69 Å². The molecule has 0 N–H and O–H groups in total. The third-order valence-electron chi connectivity index (χ3n) is 4.26. The zero-order chi connectivity index (χ0) is 26.6. The van der Waals surface area contributed by atoms with Gasteiger partial charge in [-0.2, -0.15) is 0 Å². The number of benzene rings is 1. The molecular weight excluding hydrogens is 273 g/mol. The van der Waals surface area contributed by atoms with E-state index in [1.807, 2.05) is 27.7 Å². The summed E-state index contributed by atoms with van der Waals surface area (Å²) in [6.45, 7) is -3.05. The Labute approximate surface area is 152 Å². The molecule has 0 aromatic heterocycles. The van der Waals surface area contributed by atoms with Crippen molar-refractivity contribution in [2.45, 2.75) is 58.5 Å². The molecule has 0 amide bonds. The predicted octanol–water partition coefficient (Wildman–Crippen LogP) is 3.22. The SMILES string of the molecule is [2H]C([2H])([2H])C1([2H])C([2H])([2H])C([2H])([2H])N(c2ccc(B3OC(C)(C)C(C)(C)O3)cc2)C([2H])([2H])C1([2H])[2H]. The van der Waals surface area contributed by atoms with Crippen LogP contribution in [0.1, 0.15) is 63.7 Å². The number of hydrogen-bond donors (Lipinski definition) is 0. The molecule has 3 nitrogen and oxygen atoms in total. The molecule has 0 spiro atoms. The van der Waals surface area contributed by atoms with Crippen molar-refractivity contribution >= 4 is 18.3 Å². The van der Waals surface area contributed by atoms with E-state index in [4.69, 9.17) is 25.8 Å². The van der Waals surface area contributed by atoms with Crippen LogP contribution in [-0.4, -0.2) is 31.3 Å². The van der Waals surface area contributed by atoms with Crippen LogP contribution in [0.15, 0.2) is 24.3 Å². The first-order valence-electron chi connectivity index (χ1n) is 13.2. The van der Waals surface area contributed by atoms with Gasteiger partial charge >= 0.3 is 7.12 Å². The molecular formula is C18H28BNO2. The van der Waals surface area contributed by atoms with Gasteiger partial charge < -0.3 is 14.2 Å². The van der Waals surface area contributed by atoms with Crippen LogP contribution in [0.2, 0.25) is 0 Å². The van der Waals surface area contributed by atoms with Gasteiger partial charge in [0.05, 0.1) is 11.2 Å². The lowest BCUT2D eigenvalue weighted by molar-refractivity contribution is 0.00578. The molecule has 2 fully saturated rings. The molecule has 22 heavy (non-hydrogen) atoms. The summed E-state index contributed by atoms with van der Waals surface area (Å²) in [6, 6.07) is 5.44. The zero-order valence-electron chi connectivity index (χ0n) is 25.2. The highest BCUT2D eigenvalue weighted by molar-refractivity contribution is 6.62. The van der Waals surface area contributed by atoms with Crippen molar-refractivity contribution in [2.24, 2.45) is 5.89 Å². The van der Waals surface area contributed by atoms with Crippen molar-refractivity contribution < 1.29 is 25.8 Å². The fourth-order valence-corrected chi connectivity index (χ4v) is 2.17. The van der Waals surface area contributed by atoms with Gasteiger partial charge in [-0.15, -0.1) is 0 Å². The minimum atomic E-state index is -3.75. The van der Waals surface area contributed by atoms with E-state index in [2.05, 4.69) is 0 Å². The Hall–Kier alpha value is -0.995. The first-order chi connectivity index (χ1) is 14.9. The lowest BCUT2D eigenvalue weighted by Gasteiger charge is -2.32. The van der Waals surface area contributed by atoms with Crippen LogP contribution < -0.4 is 10.4 Å². The number of hydrogen-bond acceptors (Lipinski definition) is 3. The van der Waals surface area contributed by atoms with Gasteiger partial charge in [-0.05, 0) is 63.9 Å². The Morgan fingerprint density at radius 3 is 2.18 bits per heavy atom. The number of nitrogens with zero attached hydrogens (tertiary/aromatic N) is 1. The third kappa shape index (κ3) is 2.91. The van der Waals surface area contributed by atoms with Gasteiger partial charge in [-0.3, -0.25) is 0 Å². The number of anilines is 1. The summed E-state index contributed by atoms with van der Waals surface area (Å²) in [5, 5.41) is 0. The average Bonchev–Trinajstić information content (AvgIpc) is 2.86. The van der Waals surface area contributed by atoms with Gasteiger partial charge in [0.25, 0.3) is 0 Å². The maximum Gasteiger partial charge on any atom is 0.494 e. The molecule has 0 saturated carbocycles. The van der Waals surface area contributed by atoms with Crippen LogP contribution in [0, 0.1) is 5.89 Å². The Morgan fingerprint density at radius 1 is 1.14 bits per heavy atom. The lowest BCUT2D eigenvalue weighted by atomic mass is 9.79. The summed E-state index contributed by atoms with van der Waals surface area (Å²) in [5.41, 5.74) is -0.979. The van der Waals surface area contributed by atoms with Crippen LogP contribution in [0.5, 0.6) is 0 Å². The van der Waals surface area contributed by atoms with Crippen LogP contribution in [0.25, 0.3) is 0 Å². The highest BCUT2D eigenvalue weighted by Crippen LogP contribution is 2.36. The maximum absolute atomic E-state index is 8.41.